The standard InChI is InChI=1S/C26H23Cl2N5O3S/c1-16(22-13-6-18(27)14-23(22)28)29-30-24(34)15-37-26-32-31-25(17-4-9-20(35-2)10-5-17)33(26)19-7-11-21(36-3)12-8-19/h4-14H,15H2,1-3H3,(H,30,34). The molecule has 0 aliphatic heterocycles. The van der Waals surface area contributed by atoms with Crippen molar-refractivity contribution in [1.82, 2.24) is 20.2 Å². The fourth-order valence-corrected chi connectivity index (χ4v) is 4.70. The molecule has 1 amide bonds. The second kappa shape index (κ2) is 12.1. The van der Waals surface area contributed by atoms with Gasteiger partial charge in [-0.1, -0.05) is 41.0 Å². The summed E-state index contributed by atoms with van der Waals surface area (Å²) in [7, 11) is 3.23. The largest absolute Gasteiger partial charge is 0.497 e. The number of ether oxygens (including phenoxy) is 2. The summed E-state index contributed by atoms with van der Waals surface area (Å²) in [5, 5.41) is 14.5. The molecule has 1 N–H and O–H groups in total. The summed E-state index contributed by atoms with van der Waals surface area (Å²) >= 11 is 13.4. The van der Waals surface area contributed by atoms with Gasteiger partial charge in [0.05, 0.1) is 30.7 Å². The number of aromatic nitrogens is 3. The number of rotatable bonds is 9. The van der Waals surface area contributed by atoms with Gasteiger partial charge in [0.15, 0.2) is 11.0 Å². The molecule has 0 saturated carbocycles. The highest BCUT2D eigenvalue weighted by atomic mass is 35.5. The zero-order valence-electron chi connectivity index (χ0n) is 20.2. The molecule has 8 nitrogen and oxygen atoms in total. The molecule has 4 rings (SSSR count). The molecule has 4 aromatic rings. The van der Waals surface area contributed by atoms with E-state index in [1.807, 2.05) is 53.1 Å². The Kier molecular flexibility index (Phi) is 8.70. The number of hydrazone groups is 1. The molecule has 37 heavy (non-hydrogen) atoms. The van der Waals surface area contributed by atoms with Crippen LogP contribution in [0.2, 0.25) is 10.0 Å². The van der Waals surface area contributed by atoms with Crippen LogP contribution in [0.25, 0.3) is 17.1 Å². The second-order valence-corrected chi connectivity index (χ2v) is 9.50. The lowest BCUT2D eigenvalue weighted by atomic mass is 10.1. The monoisotopic (exact) mass is 555 g/mol. The molecule has 0 bridgehead atoms. The van der Waals surface area contributed by atoms with E-state index in [9.17, 15) is 4.79 Å². The maximum atomic E-state index is 12.6. The molecule has 3 aromatic carbocycles. The summed E-state index contributed by atoms with van der Waals surface area (Å²) in [6.45, 7) is 1.75. The van der Waals surface area contributed by atoms with Gasteiger partial charge in [-0.25, -0.2) is 5.43 Å². The molecule has 11 heteroatoms. The Labute approximate surface area is 228 Å². The minimum absolute atomic E-state index is 0.0715. The number of methoxy groups -OCH3 is 2. The van der Waals surface area contributed by atoms with Crippen molar-refractivity contribution in [3.8, 4) is 28.6 Å². The van der Waals surface area contributed by atoms with Crippen molar-refractivity contribution < 1.29 is 14.3 Å². The van der Waals surface area contributed by atoms with Crippen molar-refractivity contribution in [2.75, 3.05) is 20.0 Å². The Morgan fingerprint density at radius 2 is 1.62 bits per heavy atom. The van der Waals surface area contributed by atoms with E-state index in [0.29, 0.717) is 32.3 Å². The van der Waals surface area contributed by atoms with Gasteiger partial charge in [0.1, 0.15) is 11.5 Å². The van der Waals surface area contributed by atoms with Crippen LogP contribution >= 0.6 is 35.0 Å². The predicted octanol–water partition coefficient (Wildman–Crippen LogP) is 5.89. The summed E-state index contributed by atoms with van der Waals surface area (Å²) in [5.74, 6) is 1.86. The number of benzene rings is 3. The molecule has 1 aromatic heterocycles. The van der Waals surface area contributed by atoms with Gasteiger partial charge >= 0.3 is 0 Å². The molecular weight excluding hydrogens is 533 g/mol. The summed E-state index contributed by atoms with van der Waals surface area (Å²) in [6, 6.07) is 20.1. The lowest BCUT2D eigenvalue weighted by Crippen LogP contribution is -2.21. The number of hydrogen-bond donors (Lipinski definition) is 1. The molecule has 0 radical (unpaired) electrons. The average Bonchev–Trinajstić information content (AvgIpc) is 3.34. The molecule has 0 saturated heterocycles. The number of hydrogen-bond acceptors (Lipinski definition) is 7. The Morgan fingerprint density at radius 1 is 0.973 bits per heavy atom. The molecule has 0 aliphatic rings. The van der Waals surface area contributed by atoms with Gasteiger partial charge in [-0.05, 0) is 67.6 Å². The van der Waals surface area contributed by atoms with Gasteiger partial charge in [-0.3, -0.25) is 9.36 Å². The Bertz CT molecular complexity index is 1420. The maximum absolute atomic E-state index is 12.6. The van der Waals surface area contributed by atoms with Crippen LogP contribution in [0, 0.1) is 0 Å². The van der Waals surface area contributed by atoms with Gasteiger partial charge in [0.2, 0.25) is 0 Å². The van der Waals surface area contributed by atoms with E-state index >= 15 is 0 Å². The van der Waals surface area contributed by atoms with Crippen LogP contribution < -0.4 is 14.9 Å². The first kappa shape index (κ1) is 26.5. The van der Waals surface area contributed by atoms with Crippen molar-refractivity contribution in [3.63, 3.8) is 0 Å². The number of amides is 1. The first-order valence-corrected chi connectivity index (χ1v) is 12.8. The predicted molar refractivity (Wildman–Crippen MR) is 147 cm³/mol. The van der Waals surface area contributed by atoms with Crippen molar-refractivity contribution >= 4 is 46.6 Å². The van der Waals surface area contributed by atoms with Crippen molar-refractivity contribution in [1.29, 1.82) is 0 Å². The highest BCUT2D eigenvalue weighted by Gasteiger charge is 2.18. The van der Waals surface area contributed by atoms with Crippen LogP contribution in [0.15, 0.2) is 77.0 Å². The van der Waals surface area contributed by atoms with Crippen LogP contribution in [-0.2, 0) is 4.79 Å². The van der Waals surface area contributed by atoms with E-state index in [0.717, 1.165) is 22.7 Å². The number of nitrogens with zero attached hydrogens (tertiary/aromatic N) is 4. The molecular formula is C26H23Cl2N5O3S. The molecule has 0 aliphatic carbocycles. The third kappa shape index (κ3) is 6.43. The van der Waals surface area contributed by atoms with E-state index in [2.05, 4.69) is 20.7 Å². The molecule has 0 unspecified atom stereocenters. The third-order valence-electron chi connectivity index (χ3n) is 5.31. The van der Waals surface area contributed by atoms with E-state index in [-0.39, 0.29) is 11.7 Å². The zero-order valence-corrected chi connectivity index (χ0v) is 22.6. The minimum Gasteiger partial charge on any atom is -0.497 e. The molecule has 0 atom stereocenters. The van der Waals surface area contributed by atoms with Crippen LogP contribution in [-0.4, -0.2) is 46.4 Å². The summed E-state index contributed by atoms with van der Waals surface area (Å²) in [4.78, 5) is 12.6. The minimum atomic E-state index is -0.301. The molecule has 1 heterocycles. The van der Waals surface area contributed by atoms with Gasteiger partial charge in [-0.15, -0.1) is 10.2 Å². The number of carbonyl (C=O) groups excluding carboxylic acids is 1. The normalized spacial score (nSPS) is 11.3. The Balaban J connectivity index is 1.54. The van der Waals surface area contributed by atoms with Crippen molar-refractivity contribution in [2.45, 2.75) is 12.1 Å². The van der Waals surface area contributed by atoms with E-state index in [1.165, 1.54) is 11.8 Å². The highest BCUT2D eigenvalue weighted by Crippen LogP contribution is 2.30. The van der Waals surface area contributed by atoms with Gasteiger partial charge < -0.3 is 9.47 Å². The first-order valence-electron chi connectivity index (χ1n) is 11.0. The SMILES string of the molecule is COc1ccc(-c2nnc(SCC(=O)NN=C(C)c3ccc(Cl)cc3Cl)n2-c2ccc(OC)cc2)cc1. The molecule has 0 spiro atoms. The number of halogens is 2. The van der Waals surface area contributed by atoms with Gasteiger partial charge in [0.25, 0.3) is 5.91 Å². The fourth-order valence-electron chi connectivity index (χ4n) is 3.41. The van der Waals surface area contributed by atoms with Gasteiger partial charge in [-0.2, -0.15) is 5.10 Å². The molecule has 190 valence electrons. The first-order chi connectivity index (χ1) is 17.9. The van der Waals surface area contributed by atoms with Crippen LogP contribution in [0.1, 0.15) is 12.5 Å². The lowest BCUT2D eigenvalue weighted by molar-refractivity contribution is -0.118. The van der Waals surface area contributed by atoms with Crippen molar-refractivity contribution in [2.24, 2.45) is 5.10 Å². The highest BCUT2D eigenvalue weighted by molar-refractivity contribution is 7.99. The number of thioether (sulfide) groups is 1. The third-order valence-corrected chi connectivity index (χ3v) is 6.79. The van der Waals surface area contributed by atoms with E-state index in [4.69, 9.17) is 32.7 Å². The van der Waals surface area contributed by atoms with Gasteiger partial charge in [0, 0.05) is 21.8 Å². The average molecular weight is 556 g/mol. The number of nitrogens with one attached hydrogen (secondary N) is 1. The maximum Gasteiger partial charge on any atom is 0.250 e. The number of carbonyl (C=O) groups is 1. The Morgan fingerprint density at radius 3 is 2.24 bits per heavy atom. The van der Waals surface area contributed by atoms with E-state index in [1.54, 1.807) is 39.3 Å². The van der Waals surface area contributed by atoms with Crippen LogP contribution in [0.4, 0.5) is 0 Å². The summed E-state index contributed by atoms with van der Waals surface area (Å²) < 4.78 is 12.4. The fraction of sp³-hybridized carbons (Fsp3) is 0.154. The van der Waals surface area contributed by atoms with E-state index < -0.39 is 0 Å². The topological polar surface area (TPSA) is 90.6 Å². The zero-order chi connectivity index (χ0) is 26.4. The van der Waals surface area contributed by atoms with Crippen molar-refractivity contribution in [3.05, 3.63) is 82.3 Å². The van der Waals surface area contributed by atoms with Crippen LogP contribution in [0.3, 0.4) is 0 Å². The lowest BCUT2D eigenvalue weighted by Gasteiger charge is -2.11. The smallest absolute Gasteiger partial charge is 0.250 e. The van der Waals surface area contributed by atoms with Crippen LogP contribution in [0.5, 0.6) is 11.5 Å². The Hall–Kier alpha value is -3.53. The summed E-state index contributed by atoms with van der Waals surface area (Å²) in [6.07, 6.45) is 0. The molecule has 0 fully saturated rings. The summed E-state index contributed by atoms with van der Waals surface area (Å²) in [5.41, 5.74) is 5.48. The quantitative estimate of drug-likeness (QED) is 0.157. The second-order valence-electron chi connectivity index (χ2n) is 7.71.